The quantitative estimate of drug-likeness (QED) is 0.568. The highest BCUT2D eigenvalue weighted by atomic mass is 16.5. The third kappa shape index (κ3) is 5.49. The number of morpholine rings is 1. The van der Waals surface area contributed by atoms with Crippen LogP contribution in [0.3, 0.4) is 0 Å². The summed E-state index contributed by atoms with van der Waals surface area (Å²) in [5.74, 6) is 0.364. The molecule has 26 heavy (non-hydrogen) atoms. The molecule has 1 amide bonds. The van der Waals surface area contributed by atoms with Crippen LogP contribution in [0.4, 0.5) is 0 Å². The Bertz CT molecular complexity index is 662. The van der Waals surface area contributed by atoms with Gasteiger partial charge < -0.3 is 23.8 Å². The number of benzene rings is 1. The second-order valence-corrected chi connectivity index (χ2v) is 6.11. The Morgan fingerprint density at radius 1 is 1.15 bits per heavy atom. The van der Waals surface area contributed by atoms with Crippen LogP contribution >= 0.6 is 0 Å². The molecule has 7 nitrogen and oxygen atoms in total. The largest absolute Gasteiger partial charge is 0.493 e. The summed E-state index contributed by atoms with van der Waals surface area (Å²) in [7, 11) is 3.09. The van der Waals surface area contributed by atoms with Crippen molar-refractivity contribution >= 4 is 18.0 Å². The van der Waals surface area contributed by atoms with Crippen molar-refractivity contribution in [1.82, 2.24) is 4.90 Å². The van der Waals surface area contributed by atoms with Gasteiger partial charge >= 0.3 is 5.97 Å². The second-order valence-electron chi connectivity index (χ2n) is 6.11. The maximum Gasteiger partial charge on any atom is 0.331 e. The van der Waals surface area contributed by atoms with E-state index in [0.29, 0.717) is 24.6 Å². The predicted molar refractivity (Wildman–Crippen MR) is 96.1 cm³/mol. The maximum absolute atomic E-state index is 12.2. The summed E-state index contributed by atoms with van der Waals surface area (Å²) in [6.45, 7) is 4.54. The van der Waals surface area contributed by atoms with Gasteiger partial charge in [-0.25, -0.2) is 4.79 Å². The number of esters is 1. The van der Waals surface area contributed by atoms with Gasteiger partial charge in [-0.15, -0.1) is 0 Å². The van der Waals surface area contributed by atoms with E-state index in [0.717, 1.165) is 5.56 Å². The Morgan fingerprint density at radius 2 is 1.81 bits per heavy atom. The zero-order valence-corrected chi connectivity index (χ0v) is 15.6. The van der Waals surface area contributed by atoms with Gasteiger partial charge in [0.15, 0.2) is 18.1 Å². The SMILES string of the molecule is COc1ccc(/C=C/C(=O)OCC(=O)N2C[C@@H](C)O[C@H](C)C2)cc1OC. The molecule has 1 aromatic carbocycles. The lowest BCUT2D eigenvalue weighted by Crippen LogP contribution is -2.49. The van der Waals surface area contributed by atoms with Crippen LogP contribution in [0.1, 0.15) is 19.4 Å². The van der Waals surface area contributed by atoms with Gasteiger partial charge in [0, 0.05) is 19.2 Å². The Morgan fingerprint density at radius 3 is 2.42 bits per heavy atom. The van der Waals surface area contributed by atoms with Crippen LogP contribution in [-0.4, -0.2) is 62.9 Å². The molecule has 0 N–H and O–H groups in total. The van der Waals surface area contributed by atoms with Crippen LogP contribution in [0.2, 0.25) is 0 Å². The number of carbonyl (C=O) groups excluding carboxylic acids is 2. The van der Waals surface area contributed by atoms with Crippen molar-refractivity contribution in [1.29, 1.82) is 0 Å². The van der Waals surface area contributed by atoms with Gasteiger partial charge in [-0.2, -0.15) is 0 Å². The minimum atomic E-state index is -0.581. The number of hydrogen-bond donors (Lipinski definition) is 0. The molecule has 1 aromatic rings. The molecule has 1 fully saturated rings. The lowest BCUT2D eigenvalue weighted by molar-refractivity contribution is -0.154. The summed E-state index contributed by atoms with van der Waals surface area (Å²) >= 11 is 0. The summed E-state index contributed by atoms with van der Waals surface area (Å²) in [4.78, 5) is 25.7. The molecule has 1 aliphatic heterocycles. The van der Waals surface area contributed by atoms with Gasteiger partial charge in [0.1, 0.15) is 0 Å². The van der Waals surface area contributed by atoms with Crippen molar-refractivity contribution in [2.24, 2.45) is 0 Å². The number of hydrogen-bond acceptors (Lipinski definition) is 6. The average Bonchev–Trinajstić information content (AvgIpc) is 2.63. The van der Waals surface area contributed by atoms with Crippen molar-refractivity contribution in [2.45, 2.75) is 26.1 Å². The molecule has 0 aromatic heterocycles. The van der Waals surface area contributed by atoms with Crippen LogP contribution in [0, 0.1) is 0 Å². The van der Waals surface area contributed by atoms with E-state index in [9.17, 15) is 9.59 Å². The average molecular weight is 363 g/mol. The van der Waals surface area contributed by atoms with Crippen LogP contribution in [0.5, 0.6) is 11.5 Å². The van der Waals surface area contributed by atoms with Crippen molar-refractivity contribution in [3.05, 3.63) is 29.8 Å². The number of carbonyl (C=O) groups is 2. The molecular weight excluding hydrogens is 338 g/mol. The molecule has 1 heterocycles. The molecule has 0 aliphatic carbocycles. The van der Waals surface area contributed by atoms with Crippen molar-refractivity contribution < 1.29 is 28.5 Å². The zero-order chi connectivity index (χ0) is 19.1. The zero-order valence-electron chi connectivity index (χ0n) is 15.6. The highest BCUT2D eigenvalue weighted by Gasteiger charge is 2.26. The predicted octanol–water partition coefficient (Wildman–Crippen LogP) is 1.90. The van der Waals surface area contributed by atoms with Gasteiger partial charge in [-0.3, -0.25) is 4.79 Å². The van der Waals surface area contributed by atoms with Gasteiger partial charge in [0.05, 0.1) is 26.4 Å². The lowest BCUT2D eigenvalue weighted by atomic mass is 10.2. The second kappa shape index (κ2) is 9.24. The molecule has 0 unspecified atom stereocenters. The molecule has 2 atom stereocenters. The van der Waals surface area contributed by atoms with Crippen LogP contribution < -0.4 is 9.47 Å². The standard InChI is InChI=1S/C19H25NO6/c1-13-10-20(11-14(2)26-13)18(21)12-25-19(22)8-6-15-5-7-16(23-3)17(9-15)24-4/h5-9,13-14H,10-12H2,1-4H3/b8-6+/t13-,14-/m1/s1. The fourth-order valence-corrected chi connectivity index (χ4v) is 2.77. The van der Waals surface area contributed by atoms with E-state index in [-0.39, 0.29) is 24.7 Å². The fraction of sp³-hybridized carbons (Fsp3) is 0.474. The first-order valence-electron chi connectivity index (χ1n) is 8.43. The minimum absolute atomic E-state index is 0.0247. The summed E-state index contributed by atoms with van der Waals surface area (Å²) in [5.41, 5.74) is 0.752. The minimum Gasteiger partial charge on any atom is -0.493 e. The van der Waals surface area contributed by atoms with Crippen molar-refractivity contribution in [3.63, 3.8) is 0 Å². The smallest absolute Gasteiger partial charge is 0.331 e. The van der Waals surface area contributed by atoms with Gasteiger partial charge in [0.2, 0.25) is 0 Å². The summed E-state index contributed by atoms with van der Waals surface area (Å²) in [6.07, 6.45) is 2.82. The number of methoxy groups -OCH3 is 2. The topological polar surface area (TPSA) is 74.3 Å². The Kier molecular flexibility index (Phi) is 7.03. The molecule has 0 saturated carbocycles. The van der Waals surface area contributed by atoms with E-state index < -0.39 is 5.97 Å². The Labute approximate surface area is 153 Å². The molecule has 1 aliphatic rings. The molecule has 7 heteroatoms. The summed E-state index contributed by atoms with van der Waals surface area (Å²) in [5, 5.41) is 0. The first-order chi connectivity index (χ1) is 12.4. The molecule has 0 bridgehead atoms. The number of nitrogens with zero attached hydrogens (tertiary/aromatic N) is 1. The van der Waals surface area contributed by atoms with E-state index in [1.54, 1.807) is 43.4 Å². The number of amides is 1. The van der Waals surface area contributed by atoms with E-state index in [1.807, 2.05) is 13.8 Å². The first kappa shape index (κ1) is 19.8. The summed E-state index contributed by atoms with van der Waals surface area (Å²) in [6, 6.07) is 5.27. The molecular formula is C19H25NO6. The first-order valence-corrected chi connectivity index (χ1v) is 8.43. The number of ether oxygens (including phenoxy) is 4. The third-order valence-electron chi connectivity index (χ3n) is 3.93. The van der Waals surface area contributed by atoms with Gasteiger partial charge in [-0.1, -0.05) is 6.07 Å². The van der Waals surface area contributed by atoms with Crippen molar-refractivity contribution in [2.75, 3.05) is 33.9 Å². The van der Waals surface area contributed by atoms with Crippen molar-refractivity contribution in [3.8, 4) is 11.5 Å². The van der Waals surface area contributed by atoms with E-state index in [4.69, 9.17) is 18.9 Å². The highest BCUT2D eigenvalue weighted by Crippen LogP contribution is 2.27. The Balaban J connectivity index is 1.86. The molecule has 0 radical (unpaired) electrons. The molecule has 142 valence electrons. The van der Waals surface area contributed by atoms with E-state index in [1.165, 1.54) is 6.08 Å². The third-order valence-corrected chi connectivity index (χ3v) is 3.93. The maximum atomic E-state index is 12.2. The van der Waals surface area contributed by atoms with Crippen LogP contribution in [0.15, 0.2) is 24.3 Å². The van der Waals surface area contributed by atoms with Crippen LogP contribution in [-0.2, 0) is 19.1 Å². The van der Waals surface area contributed by atoms with Gasteiger partial charge in [0.25, 0.3) is 5.91 Å². The van der Waals surface area contributed by atoms with Gasteiger partial charge in [-0.05, 0) is 37.6 Å². The summed E-state index contributed by atoms with van der Waals surface area (Å²) < 4.78 is 21.0. The van der Waals surface area contributed by atoms with E-state index in [2.05, 4.69) is 0 Å². The molecule has 1 saturated heterocycles. The molecule has 0 spiro atoms. The number of rotatable bonds is 6. The monoisotopic (exact) mass is 363 g/mol. The lowest BCUT2D eigenvalue weighted by Gasteiger charge is -2.35. The Hall–Kier alpha value is -2.54. The van der Waals surface area contributed by atoms with Crippen LogP contribution in [0.25, 0.3) is 6.08 Å². The van der Waals surface area contributed by atoms with E-state index >= 15 is 0 Å². The fourth-order valence-electron chi connectivity index (χ4n) is 2.77. The molecule has 2 rings (SSSR count). The normalized spacial score (nSPS) is 20.1. The highest BCUT2D eigenvalue weighted by molar-refractivity contribution is 5.89.